The smallest absolute Gasteiger partial charge is 0.143 e. The van der Waals surface area contributed by atoms with Gasteiger partial charge in [-0.25, -0.2) is 0 Å². The molecule has 2 aromatic heterocycles. The molecular weight excluding hydrogens is 516 g/mol. The Morgan fingerprint density at radius 3 is 1.36 bits per heavy atom. The van der Waals surface area contributed by atoms with Gasteiger partial charge in [0.05, 0.1) is 23.3 Å². The molecule has 0 unspecified atom stereocenters. The molecule has 42 heavy (non-hydrogen) atoms. The molecule has 4 nitrogen and oxygen atoms in total. The van der Waals surface area contributed by atoms with Crippen LogP contribution in [-0.2, 0) is 0 Å². The number of fused-ring (bicyclic) bond motifs is 6. The van der Waals surface area contributed by atoms with Crippen LogP contribution >= 0.6 is 0 Å². The summed E-state index contributed by atoms with van der Waals surface area (Å²) in [5.74, 6) is 0. The summed E-state index contributed by atoms with van der Waals surface area (Å²) in [4.78, 5) is 0. The topological polar surface area (TPSA) is 73.9 Å². The predicted molar refractivity (Wildman–Crippen MR) is 167 cm³/mol. The summed E-state index contributed by atoms with van der Waals surface area (Å²) < 4.78 is 12.8. The van der Waals surface area contributed by atoms with Gasteiger partial charge < -0.3 is 8.83 Å². The molecule has 6 aromatic carbocycles. The van der Waals surface area contributed by atoms with Crippen LogP contribution in [0.4, 0.5) is 0 Å². The minimum atomic E-state index is 0.445. The number of furan rings is 2. The van der Waals surface area contributed by atoms with E-state index in [9.17, 15) is 10.5 Å². The average molecular weight is 537 g/mol. The van der Waals surface area contributed by atoms with Gasteiger partial charge in [-0.05, 0) is 59.2 Å². The first kappa shape index (κ1) is 23.8. The zero-order chi connectivity index (χ0) is 28.2. The van der Waals surface area contributed by atoms with Gasteiger partial charge in [0.2, 0.25) is 0 Å². The summed E-state index contributed by atoms with van der Waals surface area (Å²) in [6.07, 6.45) is 0. The Morgan fingerprint density at radius 1 is 0.429 bits per heavy atom. The Labute approximate surface area is 240 Å². The van der Waals surface area contributed by atoms with Crippen molar-refractivity contribution in [1.29, 1.82) is 10.5 Å². The molecule has 8 aromatic rings. The summed E-state index contributed by atoms with van der Waals surface area (Å²) in [7, 11) is 0. The van der Waals surface area contributed by atoms with Crippen molar-refractivity contribution in [3.63, 3.8) is 0 Å². The van der Waals surface area contributed by atoms with Gasteiger partial charge in [0, 0.05) is 38.2 Å². The van der Waals surface area contributed by atoms with E-state index in [1.807, 2.05) is 60.7 Å². The molecule has 0 saturated carbocycles. The zero-order valence-electron chi connectivity index (χ0n) is 22.3. The standard InChI is InChI=1S/C38H20N2O2/c39-21-23-8-5-9-24(22-40)36(23)27-19-25(28-12-6-14-32-30-10-1-3-16-34(30)41-37(28)32)18-26(20-27)29-13-7-15-33-31-11-2-4-17-35(31)42-38(29)33/h1-20H. The summed E-state index contributed by atoms with van der Waals surface area (Å²) in [6, 6.07) is 44.4. The van der Waals surface area contributed by atoms with Gasteiger partial charge in [0.1, 0.15) is 22.3 Å². The van der Waals surface area contributed by atoms with Crippen molar-refractivity contribution in [2.45, 2.75) is 0 Å². The van der Waals surface area contributed by atoms with Crippen molar-refractivity contribution in [3.05, 3.63) is 132 Å². The highest BCUT2D eigenvalue weighted by Crippen LogP contribution is 2.42. The van der Waals surface area contributed by atoms with E-state index in [-0.39, 0.29) is 0 Å². The van der Waals surface area contributed by atoms with Crippen LogP contribution in [-0.4, -0.2) is 0 Å². The molecule has 0 aliphatic rings. The fraction of sp³-hybridized carbons (Fsp3) is 0. The number of nitriles is 2. The van der Waals surface area contributed by atoms with E-state index in [1.54, 1.807) is 18.2 Å². The maximum Gasteiger partial charge on any atom is 0.143 e. The van der Waals surface area contributed by atoms with E-state index >= 15 is 0 Å². The van der Waals surface area contributed by atoms with Crippen molar-refractivity contribution in [2.24, 2.45) is 0 Å². The van der Waals surface area contributed by atoms with Crippen molar-refractivity contribution in [2.75, 3.05) is 0 Å². The molecule has 0 amide bonds. The van der Waals surface area contributed by atoms with Gasteiger partial charge in [-0.15, -0.1) is 0 Å². The first-order chi connectivity index (χ1) is 20.7. The van der Waals surface area contributed by atoms with Gasteiger partial charge in [-0.2, -0.15) is 10.5 Å². The number of rotatable bonds is 3. The first-order valence-corrected chi connectivity index (χ1v) is 13.6. The van der Waals surface area contributed by atoms with Crippen LogP contribution in [0.1, 0.15) is 11.1 Å². The lowest BCUT2D eigenvalue weighted by Gasteiger charge is -2.14. The molecular formula is C38H20N2O2. The van der Waals surface area contributed by atoms with Gasteiger partial charge >= 0.3 is 0 Å². The third-order valence-electron chi connectivity index (χ3n) is 7.96. The maximum absolute atomic E-state index is 10.0. The van der Waals surface area contributed by atoms with Crippen molar-refractivity contribution < 1.29 is 8.83 Å². The summed E-state index contributed by atoms with van der Waals surface area (Å²) in [6.45, 7) is 0. The Bertz CT molecular complexity index is 2280. The number of nitrogens with zero attached hydrogens (tertiary/aromatic N) is 2. The monoisotopic (exact) mass is 536 g/mol. The van der Waals surface area contributed by atoms with E-state index in [0.717, 1.165) is 71.7 Å². The lowest BCUT2D eigenvalue weighted by molar-refractivity contribution is 0.670. The second-order valence-electron chi connectivity index (χ2n) is 10.3. The van der Waals surface area contributed by atoms with Crippen molar-refractivity contribution in [3.8, 4) is 45.5 Å². The van der Waals surface area contributed by atoms with Crippen LogP contribution in [0.3, 0.4) is 0 Å². The quantitative estimate of drug-likeness (QED) is 0.225. The summed E-state index contributed by atoms with van der Waals surface area (Å²) in [5.41, 5.74) is 9.19. The molecule has 194 valence electrons. The number of para-hydroxylation sites is 4. The van der Waals surface area contributed by atoms with Crippen LogP contribution in [0.5, 0.6) is 0 Å². The fourth-order valence-electron chi connectivity index (χ4n) is 6.08. The van der Waals surface area contributed by atoms with E-state index in [2.05, 4.69) is 54.6 Å². The van der Waals surface area contributed by atoms with E-state index in [4.69, 9.17) is 8.83 Å². The molecule has 0 spiro atoms. The Morgan fingerprint density at radius 2 is 0.857 bits per heavy atom. The largest absolute Gasteiger partial charge is 0.455 e. The molecule has 0 bridgehead atoms. The molecule has 0 aliphatic heterocycles. The van der Waals surface area contributed by atoms with Gasteiger partial charge in [0.25, 0.3) is 0 Å². The lowest BCUT2D eigenvalue weighted by atomic mass is 9.89. The number of hydrogen-bond acceptors (Lipinski definition) is 4. The van der Waals surface area contributed by atoms with Crippen LogP contribution in [0, 0.1) is 22.7 Å². The normalized spacial score (nSPS) is 11.3. The van der Waals surface area contributed by atoms with E-state index < -0.39 is 0 Å². The second-order valence-corrected chi connectivity index (χ2v) is 10.3. The summed E-state index contributed by atoms with van der Waals surface area (Å²) >= 11 is 0. The van der Waals surface area contributed by atoms with Gasteiger partial charge in [-0.3, -0.25) is 0 Å². The minimum absolute atomic E-state index is 0.445. The molecule has 0 N–H and O–H groups in total. The van der Waals surface area contributed by atoms with E-state index in [1.165, 1.54) is 0 Å². The van der Waals surface area contributed by atoms with Gasteiger partial charge in [-0.1, -0.05) is 78.9 Å². The Hall–Kier alpha value is -6.10. The Kier molecular flexibility index (Phi) is 5.22. The van der Waals surface area contributed by atoms with Crippen molar-refractivity contribution in [1.82, 2.24) is 0 Å². The fourth-order valence-corrected chi connectivity index (χ4v) is 6.08. The first-order valence-electron chi connectivity index (χ1n) is 13.6. The average Bonchev–Trinajstić information content (AvgIpc) is 3.62. The lowest BCUT2D eigenvalue weighted by Crippen LogP contribution is -1.92. The van der Waals surface area contributed by atoms with Crippen LogP contribution in [0.25, 0.3) is 77.3 Å². The van der Waals surface area contributed by atoms with Crippen LogP contribution in [0.2, 0.25) is 0 Å². The number of hydrogen-bond donors (Lipinski definition) is 0. The molecule has 0 radical (unpaired) electrons. The predicted octanol–water partition coefficient (Wildman–Crippen LogP) is 10.2. The molecule has 4 heteroatoms. The van der Waals surface area contributed by atoms with Gasteiger partial charge in [0.15, 0.2) is 0 Å². The molecule has 0 aliphatic carbocycles. The molecule has 8 rings (SSSR count). The minimum Gasteiger partial charge on any atom is -0.455 e. The molecule has 2 heterocycles. The molecule has 0 saturated heterocycles. The zero-order valence-corrected chi connectivity index (χ0v) is 22.3. The second kappa shape index (κ2) is 9.24. The third-order valence-corrected chi connectivity index (χ3v) is 7.96. The van der Waals surface area contributed by atoms with Crippen LogP contribution in [0.15, 0.2) is 130 Å². The molecule has 0 fully saturated rings. The highest BCUT2D eigenvalue weighted by atomic mass is 16.3. The molecule has 0 atom stereocenters. The number of benzene rings is 6. The maximum atomic E-state index is 10.0. The summed E-state index contributed by atoms with van der Waals surface area (Å²) in [5, 5.41) is 24.2. The van der Waals surface area contributed by atoms with E-state index in [0.29, 0.717) is 16.7 Å². The Balaban J connectivity index is 1.47. The van der Waals surface area contributed by atoms with Crippen molar-refractivity contribution >= 4 is 43.9 Å². The SMILES string of the molecule is N#Cc1cccc(C#N)c1-c1cc(-c2cccc3c2oc2ccccc23)cc(-c2cccc3c2oc2ccccc23)c1. The third kappa shape index (κ3) is 3.53. The highest BCUT2D eigenvalue weighted by Gasteiger charge is 2.19. The highest BCUT2D eigenvalue weighted by molar-refractivity contribution is 6.11. The van der Waals surface area contributed by atoms with Crippen LogP contribution < -0.4 is 0 Å².